The Hall–Kier alpha value is -2.82. The Morgan fingerprint density at radius 3 is 2.71 bits per heavy atom. The second-order valence-corrected chi connectivity index (χ2v) is 9.45. The van der Waals surface area contributed by atoms with Crippen molar-refractivity contribution in [2.24, 2.45) is 0 Å². The Labute approximate surface area is 212 Å². The molecule has 1 atom stereocenters. The van der Waals surface area contributed by atoms with E-state index in [2.05, 4.69) is 25.6 Å². The Bertz CT molecular complexity index is 1170. The van der Waals surface area contributed by atoms with E-state index < -0.39 is 17.7 Å². The summed E-state index contributed by atoms with van der Waals surface area (Å²) < 4.78 is 29.8. The lowest BCUT2D eigenvalue weighted by atomic mass is 10.1. The van der Waals surface area contributed by atoms with Crippen LogP contribution < -0.4 is 15.4 Å². The van der Waals surface area contributed by atoms with Crippen LogP contribution in [0.25, 0.3) is 10.9 Å². The first-order valence-corrected chi connectivity index (χ1v) is 11.6. The summed E-state index contributed by atoms with van der Waals surface area (Å²) in [5, 5.41) is 6.77. The topological polar surface area (TPSA) is 110 Å². The molecule has 3 aromatic rings. The molecule has 1 amide bonds. The molecule has 0 fully saturated rings. The van der Waals surface area contributed by atoms with Gasteiger partial charge in [0, 0.05) is 30.8 Å². The van der Waals surface area contributed by atoms with Gasteiger partial charge in [-0.15, -0.1) is 0 Å². The first kappa shape index (κ1) is 26.8. The fourth-order valence-corrected chi connectivity index (χ4v) is 3.75. The van der Waals surface area contributed by atoms with Crippen molar-refractivity contribution in [1.82, 2.24) is 20.3 Å². The SMILES string of the molecule is COC[C@H](COc1c(Cl)nc(Cl)nc1NCCc1c[nH]c2cc(F)ccc12)NC(=O)OC(C)(C)C. The summed E-state index contributed by atoms with van der Waals surface area (Å²) >= 11 is 12.3. The summed E-state index contributed by atoms with van der Waals surface area (Å²) in [4.78, 5) is 23.4. The number of aromatic nitrogens is 3. The van der Waals surface area contributed by atoms with Gasteiger partial charge in [0.2, 0.25) is 5.28 Å². The van der Waals surface area contributed by atoms with Crippen LogP contribution in [0.4, 0.5) is 15.0 Å². The number of rotatable bonds is 10. The van der Waals surface area contributed by atoms with E-state index in [0.29, 0.717) is 18.8 Å². The van der Waals surface area contributed by atoms with Gasteiger partial charge in [-0.1, -0.05) is 11.6 Å². The van der Waals surface area contributed by atoms with E-state index in [9.17, 15) is 9.18 Å². The third-order valence-corrected chi connectivity index (χ3v) is 5.16. The average Bonchev–Trinajstić information content (AvgIpc) is 3.13. The van der Waals surface area contributed by atoms with Gasteiger partial charge in [0.1, 0.15) is 18.0 Å². The molecule has 0 aliphatic carbocycles. The molecule has 0 aliphatic rings. The van der Waals surface area contributed by atoms with Crippen molar-refractivity contribution in [3.63, 3.8) is 0 Å². The summed E-state index contributed by atoms with van der Waals surface area (Å²) in [5.74, 6) is 0.183. The number of halogens is 3. The van der Waals surface area contributed by atoms with E-state index in [1.54, 1.807) is 26.8 Å². The Kier molecular flexibility index (Phi) is 8.98. The van der Waals surface area contributed by atoms with E-state index in [0.717, 1.165) is 16.5 Å². The maximum Gasteiger partial charge on any atom is 0.408 e. The van der Waals surface area contributed by atoms with Crippen LogP contribution in [0.2, 0.25) is 10.4 Å². The van der Waals surface area contributed by atoms with E-state index in [1.165, 1.54) is 19.2 Å². The highest BCUT2D eigenvalue weighted by Gasteiger charge is 2.22. The van der Waals surface area contributed by atoms with Crippen molar-refractivity contribution >= 4 is 46.0 Å². The number of hydrogen-bond acceptors (Lipinski definition) is 7. The van der Waals surface area contributed by atoms with E-state index in [4.69, 9.17) is 37.4 Å². The zero-order valence-corrected chi connectivity index (χ0v) is 21.4. The van der Waals surface area contributed by atoms with Crippen LogP contribution in [-0.2, 0) is 15.9 Å². The van der Waals surface area contributed by atoms with Crippen molar-refractivity contribution in [3.05, 3.63) is 46.2 Å². The summed E-state index contributed by atoms with van der Waals surface area (Å²) in [6.07, 6.45) is 1.84. The van der Waals surface area contributed by atoms with Crippen LogP contribution in [0.3, 0.4) is 0 Å². The molecule has 12 heteroatoms. The molecular formula is C23H28Cl2FN5O4. The smallest absolute Gasteiger partial charge is 0.408 e. The standard InChI is InChI=1S/C23H28Cl2FN5O4/c1-23(2,3)35-22(32)29-15(11-33-4)12-34-18-19(24)30-21(25)31-20(18)27-8-7-13-10-28-17-9-14(26)5-6-16(13)17/h5-6,9-10,15,28H,7-8,11-12H2,1-4H3,(H,29,32)(H,27,30,31)/t15-/m1/s1. The molecule has 0 radical (unpaired) electrons. The third kappa shape index (κ3) is 7.84. The van der Waals surface area contributed by atoms with E-state index >= 15 is 0 Å². The fourth-order valence-electron chi connectivity index (χ4n) is 3.32. The second kappa shape index (κ2) is 11.7. The van der Waals surface area contributed by atoms with Crippen LogP contribution in [0.5, 0.6) is 5.75 Å². The average molecular weight is 528 g/mol. The number of nitrogens with zero attached hydrogens (tertiary/aromatic N) is 2. The molecule has 190 valence electrons. The number of carbonyl (C=O) groups is 1. The number of ether oxygens (including phenoxy) is 3. The van der Waals surface area contributed by atoms with Gasteiger partial charge in [0.05, 0.1) is 12.6 Å². The summed E-state index contributed by atoms with van der Waals surface area (Å²) in [5.41, 5.74) is 1.08. The molecule has 2 heterocycles. The highest BCUT2D eigenvalue weighted by Crippen LogP contribution is 2.31. The number of carbonyl (C=O) groups excluding carboxylic acids is 1. The molecule has 0 unspecified atom stereocenters. The maximum atomic E-state index is 13.4. The van der Waals surface area contributed by atoms with Crippen molar-refractivity contribution < 1.29 is 23.4 Å². The van der Waals surface area contributed by atoms with Gasteiger partial charge in [-0.2, -0.15) is 4.98 Å². The molecule has 9 nitrogen and oxygen atoms in total. The Balaban J connectivity index is 1.66. The molecule has 2 aromatic heterocycles. The Morgan fingerprint density at radius 2 is 2.00 bits per heavy atom. The monoisotopic (exact) mass is 527 g/mol. The fraction of sp³-hybridized carbons (Fsp3) is 0.435. The molecule has 3 N–H and O–H groups in total. The highest BCUT2D eigenvalue weighted by molar-refractivity contribution is 6.33. The molecule has 3 rings (SSSR count). The number of aromatic amines is 1. The normalized spacial score (nSPS) is 12.4. The first-order chi connectivity index (χ1) is 16.6. The van der Waals surface area contributed by atoms with Gasteiger partial charge in [-0.05, 0) is 62.6 Å². The van der Waals surface area contributed by atoms with Crippen molar-refractivity contribution in [2.75, 3.05) is 32.2 Å². The second-order valence-electron chi connectivity index (χ2n) is 8.75. The third-order valence-electron chi connectivity index (χ3n) is 4.73. The number of hydrogen-bond donors (Lipinski definition) is 3. The number of alkyl carbamates (subject to hydrolysis) is 1. The number of H-pyrrole nitrogens is 1. The van der Waals surface area contributed by atoms with Crippen LogP contribution in [0.1, 0.15) is 26.3 Å². The highest BCUT2D eigenvalue weighted by atomic mass is 35.5. The largest absolute Gasteiger partial charge is 0.485 e. The van der Waals surface area contributed by atoms with Crippen molar-refractivity contribution in [3.8, 4) is 5.75 Å². The quantitative estimate of drug-likeness (QED) is 0.252. The molecule has 0 spiro atoms. The lowest BCUT2D eigenvalue weighted by molar-refractivity contribution is 0.0438. The molecule has 1 aromatic carbocycles. The van der Waals surface area contributed by atoms with Crippen LogP contribution in [-0.4, -0.2) is 59.6 Å². The predicted molar refractivity (Wildman–Crippen MR) is 133 cm³/mol. The number of fused-ring (bicyclic) bond motifs is 1. The minimum atomic E-state index is -0.647. The molecule has 0 saturated carbocycles. The zero-order valence-electron chi connectivity index (χ0n) is 19.9. The zero-order chi connectivity index (χ0) is 25.6. The lowest BCUT2D eigenvalue weighted by Crippen LogP contribution is -2.44. The number of nitrogens with one attached hydrogen (secondary N) is 3. The predicted octanol–water partition coefficient (Wildman–Crippen LogP) is 4.98. The van der Waals surface area contributed by atoms with Crippen LogP contribution in [0.15, 0.2) is 24.4 Å². The van der Waals surface area contributed by atoms with E-state index in [-0.39, 0.29) is 35.2 Å². The van der Waals surface area contributed by atoms with E-state index in [1.807, 2.05) is 6.20 Å². The number of anilines is 1. The molecule has 0 saturated heterocycles. The lowest BCUT2D eigenvalue weighted by Gasteiger charge is -2.24. The number of amides is 1. The van der Waals surface area contributed by atoms with Crippen molar-refractivity contribution in [1.29, 1.82) is 0 Å². The summed E-state index contributed by atoms with van der Waals surface area (Å²) in [7, 11) is 1.51. The van der Waals surface area contributed by atoms with Gasteiger partial charge in [0.15, 0.2) is 16.7 Å². The van der Waals surface area contributed by atoms with Gasteiger partial charge < -0.3 is 29.8 Å². The van der Waals surface area contributed by atoms with Crippen LogP contribution >= 0.6 is 23.2 Å². The van der Waals surface area contributed by atoms with Gasteiger partial charge in [0.25, 0.3) is 0 Å². The minimum Gasteiger partial charge on any atom is -0.485 e. The molecule has 35 heavy (non-hydrogen) atoms. The summed E-state index contributed by atoms with van der Waals surface area (Å²) in [6, 6.07) is 4.08. The summed E-state index contributed by atoms with van der Waals surface area (Å²) in [6.45, 7) is 5.96. The maximum absolute atomic E-state index is 13.4. The van der Waals surface area contributed by atoms with Gasteiger partial charge in [-0.3, -0.25) is 0 Å². The van der Waals surface area contributed by atoms with Gasteiger partial charge >= 0.3 is 6.09 Å². The number of benzene rings is 1. The molecule has 0 aliphatic heterocycles. The number of methoxy groups -OCH3 is 1. The molecule has 0 bridgehead atoms. The molecular weight excluding hydrogens is 500 g/mol. The van der Waals surface area contributed by atoms with Crippen LogP contribution in [0, 0.1) is 5.82 Å². The van der Waals surface area contributed by atoms with Crippen molar-refractivity contribution in [2.45, 2.75) is 38.8 Å². The Morgan fingerprint density at radius 1 is 1.23 bits per heavy atom. The first-order valence-electron chi connectivity index (χ1n) is 10.9. The minimum absolute atomic E-state index is 0.0144. The van der Waals surface area contributed by atoms with Gasteiger partial charge in [-0.25, -0.2) is 14.2 Å².